The Kier molecular flexibility index (Phi) is 5.87. The first-order chi connectivity index (χ1) is 19.0. The number of hydrogen-bond donors (Lipinski definition) is 1. The largest absolute Gasteiger partial charge is 0.493 e. The number of amides is 2. The van der Waals surface area contributed by atoms with Crippen LogP contribution < -0.4 is 19.7 Å². The number of benzene rings is 3. The predicted octanol–water partition coefficient (Wildman–Crippen LogP) is 5.55. The Balaban J connectivity index is 1.17. The van der Waals surface area contributed by atoms with E-state index >= 15 is 0 Å². The molecule has 2 atom stereocenters. The Morgan fingerprint density at radius 3 is 2.72 bits per heavy atom. The third-order valence-corrected chi connectivity index (χ3v) is 9.21. The first-order valence-electron chi connectivity index (χ1n) is 14.3. The van der Waals surface area contributed by atoms with Gasteiger partial charge in [0.25, 0.3) is 5.91 Å². The molecule has 1 saturated carbocycles. The van der Waals surface area contributed by atoms with Crippen molar-refractivity contribution in [3.05, 3.63) is 88.5 Å². The second-order valence-electron chi connectivity index (χ2n) is 11.5. The van der Waals surface area contributed by atoms with Crippen LogP contribution in [0.2, 0.25) is 0 Å². The lowest BCUT2D eigenvalue weighted by Crippen LogP contribution is -2.42. The van der Waals surface area contributed by atoms with E-state index < -0.39 is 5.41 Å². The number of rotatable bonds is 5. The van der Waals surface area contributed by atoms with Crippen LogP contribution in [0.3, 0.4) is 0 Å². The van der Waals surface area contributed by atoms with Gasteiger partial charge in [0.05, 0.1) is 13.2 Å². The monoisotopic (exact) mass is 522 g/mol. The molecule has 3 aromatic carbocycles. The molecular formula is C33H34N2O4. The number of carbonyl (C=O) groups excluding carboxylic acids is 2. The molecule has 1 aliphatic carbocycles. The Morgan fingerprint density at radius 2 is 1.85 bits per heavy atom. The Hall–Kier alpha value is -3.80. The summed E-state index contributed by atoms with van der Waals surface area (Å²) in [6.45, 7) is 3.45. The highest BCUT2D eigenvalue weighted by Crippen LogP contribution is 2.54. The van der Waals surface area contributed by atoms with Crippen molar-refractivity contribution in [1.82, 2.24) is 5.32 Å². The lowest BCUT2D eigenvalue weighted by atomic mass is 9.76. The quantitative estimate of drug-likeness (QED) is 0.478. The van der Waals surface area contributed by atoms with E-state index in [1.54, 1.807) is 0 Å². The van der Waals surface area contributed by atoms with E-state index in [4.69, 9.17) is 9.47 Å². The van der Waals surface area contributed by atoms with Gasteiger partial charge in [-0.1, -0.05) is 49.6 Å². The zero-order valence-electron chi connectivity index (χ0n) is 22.4. The predicted molar refractivity (Wildman–Crippen MR) is 149 cm³/mol. The summed E-state index contributed by atoms with van der Waals surface area (Å²) in [5, 5.41) is 3.24. The molecule has 0 aromatic heterocycles. The van der Waals surface area contributed by atoms with Gasteiger partial charge in [-0.15, -0.1) is 0 Å². The van der Waals surface area contributed by atoms with E-state index in [0.29, 0.717) is 24.6 Å². The maximum absolute atomic E-state index is 14.3. The van der Waals surface area contributed by atoms with Crippen molar-refractivity contribution in [2.24, 2.45) is 5.92 Å². The number of carbonyl (C=O) groups is 2. The molecule has 3 heterocycles. The molecule has 7 rings (SSSR count). The minimum atomic E-state index is -0.867. The van der Waals surface area contributed by atoms with Gasteiger partial charge in [-0.25, -0.2) is 0 Å². The lowest BCUT2D eigenvalue weighted by Gasteiger charge is -2.28. The van der Waals surface area contributed by atoms with Crippen LogP contribution in [-0.2, 0) is 23.2 Å². The molecule has 6 nitrogen and oxygen atoms in total. The number of anilines is 1. The number of hydrogen-bond acceptors (Lipinski definition) is 4. The molecule has 200 valence electrons. The lowest BCUT2D eigenvalue weighted by molar-refractivity contribution is -0.122. The third kappa shape index (κ3) is 3.91. The number of fused-ring (bicyclic) bond motifs is 5. The average molecular weight is 523 g/mol. The van der Waals surface area contributed by atoms with Gasteiger partial charge in [-0.05, 0) is 66.6 Å². The first-order valence-corrected chi connectivity index (χ1v) is 14.3. The SMILES string of the molecule is C[C@H](NC(=O)c1cccc(CN2C(=O)C3(COc4cc5c(cc43)CCO5)c3ccccc32)c1)C1CCCCC1. The Bertz CT molecular complexity index is 1460. The second kappa shape index (κ2) is 9.44. The Labute approximate surface area is 229 Å². The normalized spacial score (nSPS) is 22.2. The van der Waals surface area contributed by atoms with E-state index in [1.807, 2.05) is 59.5 Å². The summed E-state index contributed by atoms with van der Waals surface area (Å²) in [7, 11) is 0. The molecule has 1 N–H and O–H groups in total. The molecule has 4 aliphatic rings. The second-order valence-corrected chi connectivity index (χ2v) is 11.5. The van der Waals surface area contributed by atoms with Crippen LogP contribution in [0.25, 0.3) is 0 Å². The van der Waals surface area contributed by atoms with E-state index in [9.17, 15) is 9.59 Å². The fourth-order valence-corrected chi connectivity index (χ4v) is 7.04. The average Bonchev–Trinajstić information content (AvgIpc) is 3.65. The topological polar surface area (TPSA) is 67.9 Å². The maximum Gasteiger partial charge on any atom is 0.251 e. The van der Waals surface area contributed by atoms with Crippen LogP contribution in [0, 0.1) is 5.92 Å². The molecule has 1 fully saturated rings. The first kappa shape index (κ1) is 24.3. The highest BCUT2D eigenvalue weighted by Gasteiger charge is 2.57. The molecule has 0 saturated heterocycles. The molecule has 3 aliphatic heterocycles. The van der Waals surface area contributed by atoms with Crippen LogP contribution in [0.15, 0.2) is 60.7 Å². The summed E-state index contributed by atoms with van der Waals surface area (Å²) in [6.07, 6.45) is 7.00. The van der Waals surface area contributed by atoms with Gasteiger partial charge in [0.2, 0.25) is 5.91 Å². The summed E-state index contributed by atoms with van der Waals surface area (Å²) < 4.78 is 11.9. The fraction of sp³-hybridized carbons (Fsp3) is 0.394. The third-order valence-electron chi connectivity index (χ3n) is 9.21. The van der Waals surface area contributed by atoms with Gasteiger partial charge in [0, 0.05) is 35.3 Å². The smallest absolute Gasteiger partial charge is 0.251 e. The molecule has 0 bridgehead atoms. The van der Waals surface area contributed by atoms with Gasteiger partial charge in [0.15, 0.2) is 0 Å². The van der Waals surface area contributed by atoms with E-state index in [-0.39, 0.29) is 24.5 Å². The van der Waals surface area contributed by atoms with Crippen LogP contribution in [0.4, 0.5) is 5.69 Å². The van der Waals surface area contributed by atoms with Crippen LogP contribution in [-0.4, -0.2) is 31.1 Å². The van der Waals surface area contributed by atoms with E-state index in [2.05, 4.69) is 18.3 Å². The molecule has 1 unspecified atom stereocenters. The molecule has 0 radical (unpaired) electrons. The minimum Gasteiger partial charge on any atom is -0.493 e. The van der Waals surface area contributed by atoms with Gasteiger partial charge in [0.1, 0.15) is 23.5 Å². The van der Waals surface area contributed by atoms with Crippen molar-refractivity contribution in [3.8, 4) is 11.5 Å². The number of nitrogens with one attached hydrogen (secondary N) is 1. The van der Waals surface area contributed by atoms with E-state index in [0.717, 1.165) is 45.9 Å². The van der Waals surface area contributed by atoms with Crippen molar-refractivity contribution >= 4 is 17.5 Å². The fourth-order valence-electron chi connectivity index (χ4n) is 7.04. The summed E-state index contributed by atoms with van der Waals surface area (Å²) in [4.78, 5) is 29.4. The van der Waals surface area contributed by atoms with Crippen molar-refractivity contribution in [1.29, 1.82) is 0 Å². The molecular weight excluding hydrogens is 488 g/mol. The highest BCUT2D eigenvalue weighted by atomic mass is 16.5. The van der Waals surface area contributed by atoms with Gasteiger partial charge in [-0.2, -0.15) is 0 Å². The number of para-hydroxylation sites is 1. The van der Waals surface area contributed by atoms with E-state index in [1.165, 1.54) is 32.1 Å². The van der Waals surface area contributed by atoms with Gasteiger partial charge in [-0.3, -0.25) is 9.59 Å². The number of nitrogens with zero attached hydrogens (tertiary/aromatic N) is 1. The molecule has 2 amide bonds. The molecule has 39 heavy (non-hydrogen) atoms. The van der Waals surface area contributed by atoms with Crippen molar-refractivity contribution in [2.75, 3.05) is 18.1 Å². The Morgan fingerprint density at radius 1 is 1.00 bits per heavy atom. The van der Waals surface area contributed by atoms with Crippen LogP contribution in [0.5, 0.6) is 11.5 Å². The maximum atomic E-state index is 14.3. The van der Waals surface area contributed by atoms with Crippen LogP contribution >= 0.6 is 0 Å². The zero-order chi connectivity index (χ0) is 26.6. The summed E-state index contributed by atoms with van der Waals surface area (Å²) in [5.74, 6) is 2.10. The van der Waals surface area contributed by atoms with Gasteiger partial charge >= 0.3 is 0 Å². The zero-order valence-corrected chi connectivity index (χ0v) is 22.4. The van der Waals surface area contributed by atoms with Crippen molar-refractivity contribution in [2.45, 2.75) is 63.5 Å². The van der Waals surface area contributed by atoms with Crippen LogP contribution in [0.1, 0.15) is 71.6 Å². The molecule has 1 spiro atoms. The summed E-state index contributed by atoms with van der Waals surface area (Å²) in [5.41, 5.74) is 4.62. The minimum absolute atomic E-state index is 0.0158. The van der Waals surface area contributed by atoms with Crippen molar-refractivity contribution < 1.29 is 19.1 Å². The van der Waals surface area contributed by atoms with Gasteiger partial charge < -0.3 is 19.7 Å². The standard InChI is InChI=1S/C33H34N2O4/c1-21(23-9-3-2-4-10-23)34-31(36)25-11-7-8-22(16-25)19-35-28-13-6-5-12-26(28)33(32(35)37)20-39-30-18-29-24(14-15-38-29)17-27(30)33/h5-8,11-13,16-18,21,23H,2-4,9-10,14-15,19-20H2,1H3,(H,34,36)/t21-,33?/m0/s1. The number of ether oxygens (including phenoxy) is 2. The van der Waals surface area contributed by atoms with Crippen molar-refractivity contribution in [3.63, 3.8) is 0 Å². The highest BCUT2D eigenvalue weighted by molar-refractivity contribution is 6.11. The summed E-state index contributed by atoms with van der Waals surface area (Å²) in [6, 6.07) is 19.9. The summed E-state index contributed by atoms with van der Waals surface area (Å²) >= 11 is 0. The molecule has 3 aromatic rings. The molecule has 6 heteroatoms.